The van der Waals surface area contributed by atoms with E-state index in [0.717, 1.165) is 93.4 Å². The van der Waals surface area contributed by atoms with E-state index in [0.29, 0.717) is 49.4 Å². The van der Waals surface area contributed by atoms with Crippen LogP contribution < -0.4 is 15.1 Å². The summed E-state index contributed by atoms with van der Waals surface area (Å²) in [5.74, 6) is -1.74. The van der Waals surface area contributed by atoms with Crippen LogP contribution >= 0.6 is 23.2 Å². The number of aromatic nitrogens is 6. The van der Waals surface area contributed by atoms with Crippen molar-refractivity contribution in [3.05, 3.63) is 81.9 Å². The van der Waals surface area contributed by atoms with Crippen LogP contribution in [0, 0.1) is 0 Å². The zero-order valence-corrected chi connectivity index (χ0v) is 41.7. The number of halogens is 2. The fourth-order valence-corrected chi connectivity index (χ4v) is 9.51. The molecule has 392 valence electrons. The minimum absolute atomic E-state index is 0.0618. The Morgan fingerprint density at radius 2 is 0.919 bits per heavy atom. The molecular formula is C46H53Cl2N15O11. The Labute approximate surface area is 433 Å². The predicted molar refractivity (Wildman–Crippen MR) is 257 cm³/mol. The van der Waals surface area contributed by atoms with Crippen LogP contribution in [0.1, 0.15) is 61.3 Å². The molecule has 28 heteroatoms. The van der Waals surface area contributed by atoms with E-state index in [1.165, 1.54) is 16.2 Å². The SMILES string of the molecule is Clc1ccc(CN2CCNCC2)c(N2CCn3ncnc3C2)c1.O=C(ON1C(=O)CCC1=O)N1CCN(Cc2ccc(Cl)cc2N2CCn3ncnc3C2)CC1.O=C(ON1C(=O)CCC1=O)ON1C(=O)CCC1=O. The zero-order valence-electron chi connectivity index (χ0n) is 40.2. The van der Waals surface area contributed by atoms with Gasteiger partial charge in [-0.15, -0.1) is 5.06 Å². The number of hydrogen-bond donors (Lipinski definition) is 1. The van der Waals surface area contributed by atoms with Crippen LogP contribution in [0.3, 0.4) is 0 Å². The van der Waals surface area contributed by atoms with Gasteiger partial charge in [-0.2, -0.15) is 15.0 Å². The number of piperazine rings is 2. The van der Waals surface area contributed by atoms with E-state index in [-0.39, 0.29) is 48.7 Å². The highest BCUT2D eigenvalue weighted by Crippen LogP contribution is 2.31. The van der Waals surface area contributed by atoms with Crippen molar-refractivity contribution in [1.82, 2.24) is 64.7 Å². The van der Waals surface area contributed by atoms with E-state index in [1.807, 2.05) is 33.6 Å². The molecule has 1 N–H and O–H groups in total. The monoisotopic (exact) mass is 1060 g/mol. The van der Waals surface area contributed by atoms with Crippen molar-refractivity contribution in [3.63, 3.8) is 0 Å². The number of amides is 7. The van der Waals surface area contributed by atoms with Crippen molar-refractivity contribution in [2.75, 3.05) is 75.2 Å². The molecule has 2 aromatic carbocycles. The van der Waals surface area contributed by atoms with E-state index in [4.69, 9.17) is 28.0 Å². The summed E-state index contributed by atoms with van der Waals surface area (Å²) < 4.78 is 3.90. The summed E-state index contributed by atoms with van der Waals surface area (Å²) in [5.41, 5.74) is 4.79. The highest BCUT2D eigenvalue weighted by Gasteiger charge is 2.38. The lowest BCUT2D eigenvalue weighted by atomic mass is 10.1. The number of hydroxylamine groups is 6. The van der Waals surface area contributed by atoms with E-state index in [1.54, 1.807) is 12.7 Å². The van der Waals surface area contributed by atoms with Crippen LogP contribution in [-0.2, 0) is 82.5 Å². The molecule has 7 amide bonds. The third kappa shape index (κ3) is 12.4. The number of carbonyl (C=O) groups is 8. The third-order valence-corrected chi connectivity index (χ3v) is 13.6. The Balaban J connectivity index is 0.000000144. The second-order valence-corrected chi connectivity index (χ2v) is 18.9. The summed E-state index contributed by atoms with van der Waals surface area (Å²) in [6.07, 6.45) is 0.987. The van der Waals surface area contributed by atoms with Gasteiger partial charge >= 0.3 is 12.2 Å². The molecular weight excluding hydrogens is 1010 g/mol. The number of rotatable bonds is 9. The predicted octanol–water partition coefficient (Wildman–Crippen LogP) is 1.89. The summed E-state index contributed by atoms with van der Waals surface area (Å²) in [6.45, 7) is 13.0. The lowest BCUT2D eigenvalue weighted by molar-refractivity contribution is -0.198. The molecule has 0 aliphatic carbocycles. The van der Waals surface area contributed by atoms with Gasteiger partial charge in [0.15, 0.2) is 0 Å². The normalized spacial score (nSPS) is 19.3. The van der Waals surface area contributed by atoms with Crippen LogP contribution in [0.25, 0.3) is 0 Å². The second kappa shape index (κ2) is 23.3. The largest absolute Gasteiger partial charge is 0.560 e. The minimum atomic E-state index is -1.48. The zero-order chi connectivity index (χ0) is 51.9. The topological polar surface area (TPSA) is 264 Å². The number of hydrogen-bond acceptors (Lipinski definition) is 20. The molecule has 0 radical (unpaired) electrons. The van der Waals surface area contributed by atoms with E-state index in [2.05, 4.69) is 66.9 Å². The average Bonchev–Trinajstić information content (AvgIpc) is 4.26. The molecule has 0 spiro atoms. The van der Waals surface area contributed by atoms with Crippen molar-refractivity contribution in [2.24, 2.45) is 0 Å². The van der Waals surface area contributed by atoms with Gasteiger partial charge in [-0.25, -0.2) is 24.1 Å². The first-order valence-corrected chi connectivity index (χ1v) is 24.9. The van der Waals surface area contributed by atoms with Crippen LogP contribution in [0.2, 0.25) is 10.0 Å². The highest BCUT2D eigenvalue weighted by atomic mass is 35.5. The van der Waals surface area contributed by atoms with Gasteiger partial charge in [-0.1, -0.05) is 45.5 Å². The smallest absolute Gasteiger partial charge is 0.362 e. The molecule has 74 heavy (non-hydrogen) atoms. The van der Waals surface area contributed by atoms with Gasteiger partial charge in [-0.05, 0) is 35.4 Å². The van der Waals surface area contributed by atoms with Crippen molar-refractivity contribution < 1.29 is 52.9 Å². The van der Waals surface area contributed by atoms with Crippen LogP contribution in [0.4, 0.5) is 21.0 Å². The van der Waals surface area contributed by atoms with E-state index < -0.39 is 47.7 Å². The van der Waals surface area contributed by atoms with Gasteiger partial charge in [0.1, 0.15) is 24.3 Å². The second-order valence-electron chi connectivity index (χ2n) is 18.0. The standard InChI is InChI=1S/C21H24ClN7O4.C16H21ClN6.C9H8N2O7/c22-16-2-1-15(17(11-16)27-9-10-28-18(13-27)23-14-24-28)12-25-5-7-26(8-6-25)21(32)33-29-19(30)3-4-20(29)31;17-14-2-1-13(10-21-5-3-18-4-6-21)15(9-14)22-7-8-23-16(11-22)19-12-20-23;12-5-1-2-6(13)10(5)17-9(16)18-11-7(14)3-4-8(11)15/h1-2,11,14H,3-10,12-13H2;1-2,9,12,18H,3-8,10-11H2;1-4H2. The molecule has 9 heterocycles. The quantitative estimate of drug-likeness (QED) is 0.235. The first kappa shape index (κ1) is 51.6. The van der Waals surface area contributed by atoms with Crippen LogP contribution in [-0.4, -0.2) is 173 Å². The van der Waals surface area contributed by atoms with E-state index in [9.17, 15) is 38.4 Å². The van der Waals surface area contributed by atoms with Crippen molar-refractivity contribution in [3.8, 4) is 0 Å². The highest BCUT2D eigenvalue weighted by molar-refractivity contribution is 6.31. The number of nitrogens with one attached hydrogen (secondary N) is 1. The van der Waals surface area contributed by atoms with Gasteiger partial charge in [-0.3, -0.25) is 48.2 Å². The Bertz CT molecular complexity index is 2710. The molecule has 7 aliphatic rings. The molecule has 0 atom stereocenters. The first-order valence-electron chi connectivity index (χ1n) is 24.2. The molecule has 0 bridgehead atoms. The van der Waals surface area contributed by atoms with Crippen molar-refractivity contribution in [2.45, 2.75) is 77.8 Å². The van der Waals surface area contributed by atoms with Crippen molar-refractivity contribution >= 4 is 82.3 Å². The fraction of sp³-hybridized carbons (Fsp3) is 0.478. The molecule has 0 saturated carbocycles. The van der Waals surface area contributed by atoms with Crippen LogP contribution in [0.5, 0.6) is 0 Å². The van der Waals surface area contributed by atoms with Crippen molar-refractivity contribution in [1.29, 1.82) is 0 Å². The molecule has 0 unspecified atom stereocenters. The van der Waals surface area contributed by atoms with Gasteiger partial charge in [0, 0.05) is 138 Å². The number of anilines is 2. The molecule has 2 aromatic heterocycles. The third-order valence-electron chi connectivity index (χ3n) is 13.1. The molecule has 7 aliphatic heterocycles. The summed E-state index contributed by atoms with van der Waals surface area (Å²) in [5, 5.41) is 14.5. The summed E-state index contributed by atoms with van der Waals surface area (Å²) >= 11 is 12.6. The van der Waals surface area contributed by atoms with Crippen LogP contribution in [0.15, 0.2) is 49.1 Å². The Kier molecular flexibility index (Phi) is 16.3. The Morgan fingerprint density at radius 3 is 1.35 bits per heavy atom. The number of benzene rings is 2. The summed E-state index contributed by atoms with van der Waals surface area (Å²) in [4.78, 5) is 125. The molecule has 4 aromatic rings. The fourth-order valence-electron chi connectivity index (χ4n) is 9.18. The maximum atomic E-state index is 12.4. The number of carbonyl (C=O) groups excluding carboxylic acids is 8. The molecule has 5 fully saturated rings. The summed E-state index contributed by atoms with van der Waals surface area (Å²) in [6, 6.07) is 12.2. The maximum absolute atomic E-state index is 12.4. The van der Waals surface area contributed by atoms with Gasteiger partial charge in [0.05, 0.1) is 26.2 Å². The number of nitrogens with zero attached hydrogens (tertiary/aromatic N) is 14. The molecule has 5 saturated heterocycles. The van der Waals surface area contributed by atoms with Gasteiger partial charge < -0.3 is 24.9 Å². The Morgan fingerprint density at radius 1 is 0.514 bits per heavy atom. The number of fused-ring (bicyclic) bond motifs is 2. The molecule has 11 rings (SSSR count). The first-order chi connectivity index (χ1) is 35.8. The lowest BCUT2D eigenvalue weighted by Crippen LogP contribution is -2.50. The molecule has 26 nitrogen and oxygen atoms in total. The van der Waals surface area contributed by atoms with E-state index >= 15 is 0 Å². The maximum Gasteiger partial charge on any atom is 0.560 e. The van der Waals surface area contributed by atoms with Gasteiger partial charge in [0.2, 0.25) is 0 Å². The average molecular weight is 1060 g/mol. The minimum Gasteiger partial charge on any atom is -0.362 e. The van der Waals surface area contributed by atoms with Gasteiger partial charge in [0.25, 0.3) is 35.4 Å². The Hall–Kier alpha value is -7.26. The number of imide groups is 3. The summed E-state index contributed by atoms with van der Waals surface area (Å²) in [7, 11) is 0. The lowest BCUT2D eigenvalue weighted by Gasteiger charge is -2.36.